The van der Waals surface area contributed by atoms with Gasteiger partial charge < -0.3 is 19.5 Å². The van der Waals surface area contributed by atoms with E-state index < -0.39 is 11.2 Å². The van der Waals surface area contributed by atoms with Crippen LogP contribution < -0.4 is 5.32 Å². The summed E-state index contributed by atoms with van der Waals surface area (Å²) < 4.78 is 17.5. The molecule has 1 aliphatic heterocycles. The van der Waals surface area contributed by atoms with Gasteiger partial charge in [-0.05, 0) is 50.2 Å². The first-order chi connectivity index (χ1) is 12.2. The molecule has 0 bridgehead atoms. The third-order valence-electron chi connectivity index (χ3n) is 5.42. The van der Waals surface area contributed by atoms with E-state index in [4.69, 9.17) is 14.2 Å². The van der Waals surface area contributed by atoms with E-state index in [0.29, 0.717) is 26.4 Å². The summed E-state index contributed by atoms with van der Waals surface area (Å²) in [4.78, 5) is 12.9. The molecule has 0 unspecified atom stereocenters. The van der Waals surface area contributed by atoms with Crippen molar-refractivity contribution >= 4 is 5.91 Å². The van der Waals surface area contributed by atoms with Gasteiger partial charge in [-0.1, -0.05) is 24.3 Å². The van der Waals surface area contributed by atoms with Gasteiger partial charge in [0.15, 0.2) is 0 Å². The number of carbonyl (C=O) groups is 1. The number of nitrogens with one attached hydrogen (secondary N) is 1. The van der Waals surface area contributed by atoms with Gasteiger partial charge in [-0.2, -0.15) is 0 Å². The van der Waals surface area contributed by atoms with E-state index in [1.54, 1.807) is 7.11 Å². The molecule has 1 fully saturated rings. The fourth-order valence-corrected chi connectivity index (χ4v) is 4.21. The molecule has 1 heterocycles. The zero-order valence-corrected chi connectivity index (χ0v) is 15.3. The van der Waals surface area contributed by atoms with Gasteiger partial charge >= 0.3 is 0 Å². The van der Waals surface area contributed by atoms with Crippen molar-refractivity contribution in [2.75, 3.05) is 33.5 Å². The molecule has 0 spiro atoms. The predicted octanol–water partition coefficient (Wildman–Crippen LogP) is 2.57. The highest BCUT2D eigenvalue weighted by atomic mass is 16.5. The summed E-state index contributed by atoms with van der Waals surface area (Å²) in [5, 5.41) is 3.12. The Kier molecular flexibility index (Phi) is 5.77. The monoisotopic (exact) mass is 347 g/mol. The Bertz CT molecular complexity index is 597. The smallest absolute Gasteiger partial charge is 0.252 e. The highest BCUT2D eigenvalue weighted by Gasteiger charge is 2.44. The summed E-state index contributed by atoms with van der Waals surface area (Å²) in [5.41, 5.74) is 1.07. The van der Waals surface area contributed by atoms with Gasteiger partial charge in [0.2, 0.25) is 0 Å². The summed E-state index contributed by atoms with van der Waals surface area (Å²) >= 11 is 0. The van der Waals surface area contributed by atoms with Crippen molar-refractivity contribution in [3.05, 3.63) is 35.4 Å². The summed E-state index contributed by atoms with van der Waals surface area (Å²) in [7, 11) is 1.67. The molecule has 1 N–H and O–H groups in total. The average molecular weight is 347 g/mol. The van der Waals surface area contributed by atoms with Crippen molar-refractivity contribution < 1.29 is 19.0 Å². The normalized spacial score (nSPS) is 24.7. The number of amides is 1. The minimum absolute atomic E-state index is 0.0195. The highest BCUT2D eigenvalue weighted by molar-refractivity contribution is 5.85. The Hall–Kier alpha value is -1.43. The standard InChI is InChI=1S/C20H29NO4/c1-3-24-19(11-6-7-12-19)18(22)21-14-20(15-23-2)17-9-5-4-8-16(17)10-13-25-20/h4-5,8-9H,3,6-7,10-15H2,1-2H3,(H,21,22)/t20-/m0/s1. The van der Waals surface area contributed by atoms with Crippen molar-refractivity contribution in [3.8, 4) is 0 Å². The molecule has 138 valence electrons. The van der Waals surface area contributed by atoms with Crippen LogP contribution in [0.5, 0.6) is 0 Å². The fourth-order valence-electron chi connectivity index (χ4n) is 4.21. The number of rotatable bonds is 7. The Morgan fingerprint density at radius 2 is 2.04 bits per heavy atom. The maximum Gasteiger partial charge on any atom is 0.252 e. The first-order valence-electron chi connectivity index (χ1n) is 9.29. The Balaban J connectivity index is 1.78. The second-order valence-electron chi connectivity index (χ2n) is 7.00. The first kappa shape index (κ1) is 18.4. The lowest BCUT2D eigenvalue weighted by Crippen LogP contribution is -2.54. The third kappa shape index (κ3) is 3.59. The topological polar surface area (TPSA) is 56.8 Å². The van der Waals surface area contributed by atoms with E-state index in [0.717, 1.165) is 37.7 Å². The molecule has 2 aliphatic rings. The molecular formula is C20H29NO4. The molecule has 1 aliphatic carbocycles. The van der Waals surface area contributed by atoms with Crippen LogP contribution in [-0.2, 0) is 31.0 Å². The van der Waals surface area contributed by atoms with Gasteiger partial charge in [0, 0.05) is 13.7 Å². The lowest BCUT2D eigenvalue weighted by Gasteiger charge is -2.39. The van der Waals surface area contributed by atoms with Gasteiger partial charge in [0.25, 0.3) is 5.91 Å². The molecule has 0 saturated heterocycles. The van der Waals surface area contributed by atoms with Crippen LogP contribution >= 0.6 is 0 Å². The van der Waals surface area contributed by atoms with Gasteiger partial charge in [0.1, 0.15) is 11.2 Å². The summed E-state index contributed by atoms with van der Waals surface area (Å²) in [5.74, 6) is -0.0195. The average Bonchev–Trinajstić information content (AvgIpc) is 3.11. The molecule has 5 heteroatoms. The number of fused-ring (bicyclic) bond motifs is 1. The zero-order valence-electron chi connectivity index (χ0n) is 15.3. The molecule has 1 atom stereocenters. The quantitative estimate of drug-likeness (QED) is 0.824. The zero-order chi connectivity index (χ0) is 17.8. The lowest BCUT2D eigenvalue weighted by atomic mass is 9.86. The maximum atomic E-state index is 12.9. The molecule has 5 nitrogen and oxygen atoms in total. The molecule has 1 aromatic rings. The minimum atomic E-state index is -0.669. The molecule has 1 saturated carbocycles. The van der Waals surface area contributed by atoms with Crippen molar-refractivity contribution in [1.29, 1.82) is 0 Å². The summed E-state index contributed by atoms with van der Waals surface area (Å²) in [6.07, 6.45) is 4.55. The summed E-state index contributed by atoms with van der Waals surface area (Å²) in [6, 6.07) is 8.26. The number of methoxy groups -OCH3 is 1. The maximum absolute atomic E-state index is 12.9. The number of hydrogen-bond acceptors (Lipinski definition) is 4. The second-order valence-corrected chi connectivity index (χ2v) is 7.00. The van der Waals surface area contributed by atoms with Crippen LogP contribution in [0.25, 0.3) is 0 Å². The number of carbonyl (C=O) groups excluding carboxylic acids is 1. The SMILES string of the molecule is CCOC1(C(=O)NC[C@@]2(COC)OCCc3ccccc32)CCCC1. The van der Waals surface area contributed by atoms with Crippen molar-refractivity contribution in [2.45, 2.75) is 50.2 Å². The van der Waals surface area contributed by atoms with E-state index in [1.807, 2.05) is 19.1 Å². The molecule has 25 heavy (non-hydrogen) atoms. The lowest BCUT2D eigenvalue weighted by molar-refractivity contribution is -0.150. The van der Waals surface area contributed by atoms with Crippen LogP contribution in [0.3, 0.4) is 0 Å². The van der Waals surface area contributed by atoms with Crippen LogP contribution in [0.2, 0.25) is 0 Å². The largest absolute Gasteiger partial charge is 0.381 e. The Labute approximate surface area is 150 Å². The van der Waals surface area contributed by atoms with E-state index >= 15 is 0 Å². The van der Waals surface area contributed by atoms with Gasteiger partial charge in [-0.3, -0.25) is 4.79 Å². The van der Waals surface area contributed by atoms with Gasteiger partial charge in [0.05, 0.1) is 19.8 Å². The van der Waals surface area contributed by atoms with Crippen LogP contribution in [0.4, 0.5) is 0 Å². The third-order valence-corrected chi connectivity index (χ3v) is 5.42. The van der Waals surface area contributed by atoms with Crippen molar-refractivity contribution in [3.63, 3.8) is 0 Å². The highest BCUT2D eigenvalue weighted by Crippen LogP contribution is 2.36. The molecule has 1 amide bonds. The van der Waals surface area contributed by atoms with Crippen molar-refractivity contribution in [2.24, 2.45) is 0 Å². The van der Waals surface area contributed by atoms with Crippen LogP contribution in [0, 0.1) is 0 Å². The number of ether oxygens (including phenoxy) is 3. The van der Waals surface area contributed by atoms with Gasteiger partial charge in [-0.25, -0.2) is 0 Å². The predicted molar refractivity (Wildman–Crippen MR) is 95.5 cm³/mol. The Morgan fingerprint density at radius 1 is 1.28 bits per heavy atom. The molecular weight excluding hydrogens is 318 g/mol. The van der Waals surface area contributed by atoms with Crippen LogP contribution in [0.15, 0.2) is 24.3 Å². The van der Waals surface area contributed by atoms with Crippen LogP contribution in [0.1, 0.15) is 43.7 Å². The van der Waals surface area contributed by atoms with Crippen LogP contribution in [-0.4, -0.2) is 45.0 Å². The number of hydrogen-bond donors (Lipinski definition) is 1. The molecule has 3 rings (SSSR count). The molecule has 1 aromatic carbocycles. The minimum Gasteiger partial charge on any atom is -0.381 e. The summed E-state index contributed by atoms with van der Waals surface area (Å²) in [6.45, 7) is 3.93. The Morgan fingerprint density at radius 3 is 2.76 bits per heavy atom. The van der Waals surface area contributed by atoms with Crippen molar-refractivity contribution in [1.82, 2.24) is 5.32 Å². The molecule has 0 aromatic heterocycles. The molecule has 0 radical (unpaired) electrons. The fraction of sp³-hybridized carbons (Fsp3) is 0.650. The van der Waals surface area contributed by atoms with Gasteiger partial charge in [-0.15, -0.1) is 0 Å². The van der Waals surface area contributed by atoms with E-state index in [1.165, 1.54) is 5.56 Å². The van der Waals surface area contributed by atoms with E-state index in [9.17, 15) is 4.79 Å². The number of benzene rings is 1. The first-order valence-corrected chi connectivity index (χ1v) is 9.29. The van der Waals surface area contributed by atoms with E-state index in [-0.39, 0.29) is 5.91 Å². The van der Waals surface area contributed by atoms with E-state index in [2.05, 4.69) is 17.4 Å². The second kappa shape index (κ2) is 7.85.